The number of nitrogens with one attached hydrogen (secondary N) is 1. The first kappa shape index (κ1) is 14.7. The number of carbonyl (C=O) groups is 1. The topological polar surface area (TPSA) is 52.2 Å². The molecule has 0 aliphatic carbocycles. The average molecular weight is 312 g/mol. The van der Waals surface area contributed by atoms with Crippen LogP contribution in [-0.2, 0) is 4.79 Å². The van der Waals surface area contributed by atoms with E-state index in [0.29, 0.717) is 12.4 Å². The zero-order valence-corrected chi connectivity index (χ0v) is 11.9. The maximum atomic E-state index is 12.4. The minimum absolute atomic E-state index is 0.105. The number of aromatic nitrogens is 2. The van der Waals surface area contributed by atoms with E-state index in [-0.39, 0.29) is 6.54 Å². The van der Waals surface area contributed by atoms with Crippen molar-refractivity contribution in [3.05, 3.63) is 24.3 Å². The van der Waals surface area contributed by atoms with Gasteiger partial charge in [-0.2, -0.15) is 13.2 Å². The lowest BCUT2D eigenvalue weighted by atomic mass is 10.2. The number of likely N-dealkylation sites (N-methyl/N-ethyl adjacent to an activating group) is 1. The minimum atomic E-state index is -4.37. The fraction of sp³-hybridized carbons (Fsp3) is 0.429. The van der Waals surface area contributed by atoms with E-state index < -0.39 is 24.7 Å². The zero-order chi connectivity index (χ0) is 15.9. The first-order chi connectivity index (χ1) is 10.3. The quantitative estimate of drug-likeness (QED) is 0.945. The Morgan fingerprint density at radius 2 is 2.14 bits per heavy atom. The molecule has 0 bridgehead atoms. The number of hydrogen-bond acceptors (Lipinski definition) is 3. The summed E-state index contributed by atoms with van der Waals surface area (Å²) in [5, 5.41) is 0. The van der Waals surface area contributed by atoms with Crippen molar-refractivity contribution in [1.82, 2.24) is 14.9 Å². The number of para-hydroxylation sites is 2. The summed E-state index contributed by atoms with van der Waals surface area (Å²) in [6, 6.07) is 6.76. The second kappa shape index (κ2) is 5.19. The number of aromatic amines is 1. The van der Waals surface area contributed by atoms with Crippen LogP contribution >= 0.6 is 0 Å². The van der Waals surface area contributed by atoms with Crippen LogP contribution in [0.2, 0.25) is 0 Å². The number of imidazole rings is 1. The third-order valence-corrected chi connectivity index (χ3v) is 3.82. The summed E-state index contributed by atoms with van der Waals surface area (Å²) in [5.74, 6) is -0.0336. The summed E-state index contributed by atoms with van der Waals surface area (Å²) in [6.45, 7) is -1.09. The van der Waals surface area contributed by atoms with Crippen molar-refractivity contribution in [3.8, 4) is 0 Å². The van der Waals surface area contributed by atoms with Gasteiger partial charge in [0, 0.05) is 13.6 Å². The maximum Gasteiger partial charge on any atom is 0.406 e. The van der Waals surface area contributed by atoms with Crippen LogP contribution < -0.4 is 4.90 Å². The van der Waals surface area contributed by atoms with Gasteiger partial charge in [-0.3, -0.25) is 4.79 Å². The van der Waals surface area contributed by atoms with E-state index in [4.69, 9.17) is 0 Å². The molecule has 3 rings (SSSR count). The van der Waals surface area contributed by atoms with Gasteiger partial charge in [-0.05, 0) is 18.6 Å². The molecule has 0 spiro atoms. The molecule has 1 aliphatic heterocycles. The molecule has 1 fully saturated rings. The van der Waals surface area contributed by atoms with Gasteiger partial charge >= 0.3 is 6.18 Å². The Kier molecular flexibility index (Phi) is 3.46. The van der Waals surface area contributed by atoms with Gasteiger partial charge in [0.25, 0.3) is 0 Å². The van der Waals surface area contributed by atoms with Crippen molar-refractivity contribution in [2.45, 2.75) is 18.6 Å². The number of nitrogens with zero attached hydrogens (tertiary/aromatic N) is 3. The third-order valence-electron chi connectivity index (χ3n) is 3.82. The van der Waals surface area contributed by atoms with Crippen LogP contribution in [0.25, 0.3) is 11.0 Å². The van der Waals surface area contributed by atoms with E-state index in [1.165, 1.54) is 0 Å². The average Bonchev–Trinajstić information content (AvgIpc) is 3.01. The predicted octanol–water partition coefficient (Wildman–Crippen LogP) is 2.16. The smallest absolute Gasteiger partial charge is 0.333 e. The number of hydrogen-bond donors (Lipinski definition) is 1. The van der Waals surface area contributed by atoms with E-state index in [1.54, 1.807) is 11.9 Å². The summed E-state index contributed by atoms with van der Waals surface area (Å²) >= 11 is 0. The molecule has 22 heavy (non-hydrogen) atoms. The number of amides is 1. The lowest BCUT2D eigenvalue weighted by Gasteiger charge is -2.23. The number of anilines is 1. The first-order valence-electron chi connectivity index (χ1n) is 6.88. The first-order valence-corrected chi connectivity index (χ1v) is 6.88. The fourth-order valence-electron chi connectivity index (χ4n) is 2.71. The van der Waals surface area contributed by atoms with Crippen LogP contribution in [0.15, 0.2) is 24.3 Å². The second-order valence-corrected chi connectivity index (χ2v) is 5.37. The van der Waals surface area contributed by atoms with Gasteiger partial charge in [-0.25, -0.2) is 4.98 Å². The molecule has 0 radical (unpaired) electrons. The highest BCUT2D eigenvalue weighted by Gasteiger charge is 2.41. The molecule has 118 valence electrons. The van der Waals surface area contributed by atoms with Gasteiger partial charge in [0.05, 0.1) is 11.0 Å². The predicted molar refractivity (Wildman–Crippen MR) is 75.5 cm³/mol. The molecule has 1 aromatic heterocycles. The Balaban J connectivity index is 1.78. The molecule has 8 heteroatoms. The number of rotatable bonds is 3. The number of carbonyl (C=O) groups excluding carboxylic acids is 1. The van der Waals surface area contributed by atoms with Gasteiger partial charge in [0.15, 0.2) is 0 Å². The molecule has 1 N–H and O–H groups in total. The van der Waals surface area contributed by atoms with Crippen molar-refractivity contribution in [2.75, 3.05) is 25.0 Å². The Hall–Kier alpha value is -2.25. The lowest BCUT2D eigenvalue weighted by Crippen LogP contribution is -2.43. The van der Waals surface area contributed by atoms with Crippen LogP contribution in [0.5, 0.6) is 0 Å². The number of halogens is 3. The lowest BCUT2D eigenvalue weighted by molar-refractivity contribution is -0.157. The third kappa shape index (κ3) is 2.72. The molecule has 1 aliphatic rings. The van der Waals surface area contributed by atoms with Crippen LogP contribution in [0.4, 0.5) is 19.1 Å². The highest BCUT2D eigenvalue weighted by atomic mass is 19.4. The van der Waals surface area contributed by atoms with E-state index in [0.717, 1.165) is 15.9 Å². The Bertz CT molecular complexity index is 664. The standard InChI is InChI=1S/C14H15F3N4O/c1-20(13-18-9-4-2-3-5-10(9)19-13)11-6-7-21(12(11)22)8-14(15,16)17/h2-5,11H,6-8H2,1H3,(H,18,19). The largest absolute Gasteiger partial charge is 0.406 e. The normalized spacial score (nSPS) is 19.2. The van der Waals surface area contributed by atoms with Crippen LogP contribution in [-0.4, -0.2) is 53.1 Å². The molecule has 2 heterocycles. The van der Waals surface area contributed by atoms with Gasteiger partial charge < -0.3 is 14.8 Å². The number of alkyl halides is 3. The summed E-state index contributed by atoms with van der Waals surface area (Å²) in [7, 11) is 1.66. The Morgan fingerprint density at radius 3 is 2.82 bits per heavy atom. The summed E-state index contributed by atoms with van der Waals surface area (Å²) in [4.78, 5) is 22.1. The summed E-state index contributed by atoms with van der Waals surface area (Å²) in [5.41, 5.74) is 1.57. The number of benzene rings is 1. The van der Waals surface area contributed by atoms with Crippen LogP contribution in [0.1, 0.15) is 6.42 Å². The Morgan fingerprint density at radius 1 is 1.41 bits per heavy atom. The number of likely N-dealkylation sites (tertiary alicyclic amines) is 1. The van der Waals surface area contributed by atoms with Gasteiger partial charge in [-0.1, -0.05) is 12.1 Å². The second-order valence-electron chi connectivity index (χ2n) is 5.37. The maximum absolute atomic E-state index is 12.4. The van der Waals surface area contributed by atoms with Crippen LogP contribution in [0, 0.1) is 0 Å². The van der Waals surface area contributed by atoms with E-state index in [2.05, 4.69) is 9.97 Å². The summed E-state index contributed by atoms with van der Waals surface area (Å²) < 4.78 is 37.3. The molecule has 0 saturated carbocycles. The molecule has 1 atom stereocenters. The van der Waals surface area contributed by atoms with Crippen molar-refractivity contribution >= 4 is 22.9 Å². The molecule has 1 unspecified atom stereocenters. The van der Waals surface area contributed by atoms with Gasteiger partial charge in [0.1, 0.15) is 12.6 Å². The van der Waals surface area contributed by atoms with Crippen molar-refractivity contribution in [1.29, 1.82) is 0 Å². The van der Waals surface area contributed by atoms with Crippen LogP contribution in [0.3, 0.4) is 0 Å². The molecular formula is C14H15F3N4O. The highest BCUT2D eigenvalue weighted by Crippen LogP contribution is 2.25. The number of H-pyrrole nitrogens is 1. The van der Waals surface area contributed by atoms with Crippen molar-refractivity contribution in [2.24, 2.45) is 0 Å². The van der Waals surface area contributed by atoms with Gasteiger partial charge in [0.2, 0.25) is 11.9 Å². The van der Waals surface area contributed by atoms with Crippen molar-refractivity contribution < 1.29 is 18.0 Å². The van der Waals surface area contributed by atoms with E-state index in [1.807, 2.05) is 24.3 Å². The zero-order valence-electron chi connectivity index (χ0n) is 11.9. The van der Waals surface area contributed by atoms with Gasteiger partial charge in [-0.15, -0.1) is 0 Å². The minimum Gasteiger partial charge on any atom is -0.333 e. The van der Waals surface area contributed by atoms with Crippen molar-refractivity contribution in [3.63, 3.8) is 0 Å². The molecule has 1 amide bonds. The molecule has 5 nitrogen and oxygen atoms in total. The molecular weight excluding hydrogens is 297 g/mol. The van der Waals surface area contributed by atoms with E-state index in [9.17, 15) is 18.0 Å². The Labute approximate surface area is 124 Å². The number of fused-ring (bicyclic) bond motifs is 1. The molecule has 1 saturated heterocycles. The summed E-state index contributed by atoms with van der Waals surface area (Å²) in [6.07, 6.45) is -4.02. The van der Waals surface area contributed by atoms with E-state index >= 15 is 0 Å². The fourth-order valence-corrected chi connectivity index (χ4v) is 2.71. The highest BCUT2D eigenvalue weighted by molar-refractivity contribution is 5.87. The molecule has 1 aromatic carbocycles. The monoisotopic (exact) mass is 312 g/mol. The molecule has 2 aromatic rings. The SMILES string of the molecule is CN(c1nc2ccccc2[nH]1)C1CCN(CC(F)(F)F)C1=O.